The fourth-order valence-electron chi connectivity index (χ4n) is 3.93. The Hall–Kier alpha value is -3.04. The van der Waals surface area contributed by atoms with E-state index in [4.69, 9.17) is 4.74 Å². The third-order valence-corrected chi connectivity index (χ3v) is 7.56. The van der Waals surface area contributed by atoms with E-state index in [1.54, 1.807) is 31.4 Å². The number of hydrogen-bond acceptors (Lipinski definition) is 6. The predicted molar refractivity (Wildman–Crippen MR) is 142 cm³/mol. The average Bonchev–Trinajstić information content (AvgIpc) is 3.07. The normalized spacial score (nSPS) is 15.4. The zero-order valence-electron chi connectivity index (χ0n) is 20.6. The number of nitrogens with one attached hydrogen (secondary N) is 1. The largest absolute Gasteiger partial charge is 0.464 e. The highest BCUT2D eigenvalue weighted by molar-refractivity contribution is 8.13. The lowest BCUT2D eigenvalue weighted by Crippen LogP contribution is -2.42. The van der Waals surface area contributed by atoms with Gasteiger partial charge in [0, 0.05) is 41.0 Å². The Balaban J connectivity index is 1.85. The Kier molecular flexibility index (Phi) is 9.39. The SMILES string of the molecule is CCOC(=O)C(CSC(=O)CC1=C(C)C(=Cc2ccc(S(C)=O)cc2)c2ccc(F)cc21)NC(C)=O. The minimum Gasteiger partial charge on any atom is -0.464 e. The number of rotatable bonds is 9. The average molecular weight is 530 g/mol. The third-order valence-electron chi connectivity index (χ3n) is 5.66. The van der Waals surface area contributed by atoms with E-state index in [1.807, 2.05) is 25.1 Å². The van der Waals surface area contributed by atoms with E-state index < -0.39 is 34.5 Å². The summed E-state index contributed by atoms with van der Waals surface area (Å²) in [6, 6.07) is 10.9. The van der Waals surface area contributed by atoms with Gasteiger partial charge in [-0.25, -0.2) is 9.18 Å². The number of hydrogen-bond donors (Lipinski definition) is 1. The van der Waals surface area contributed by atoms with Crippen molar-refractivity contribution in [3.05, 3.63) is 70.5 Å². The predicted octanol–water partition coefficient (Wildman–Crippen LogP) is 4.61. The van der Waals surface area contributed by atoms with Gasteiger partial charge in [0.1, 0.15) is 11.9 Å². The number of carbonyl (C=O) groups is 3. The van der Waals surface area contributed by atoms with Gasteiger partial charge in [0.05, 0.1) is 6.61 Å². The molecule has 2 unspecified atom stereocenters. The van der Waals surface area contributed by atoms with Gasteiger partial charge in [-0.2, -0.15) is 0 Å². The first kappa shape index (κ1) is 27.5. The van der Waals surface area contributed by atoms with Gasteiger partial charge >= 0.3 is 5.97 Å². The number of thioether (sulfide) groups is 1. The maximum absolute atomic E-state index is 14.2. The molecular formula is C27H28FNO5S2. The van der Waals surface area contributed by atoms with Crippen LogP contribution in [0, 0.1) is 5.82 Å². The first-order valence-corrected chi connectivity index (χ1v) is 13.9. The van der Waals surface area contributed by atoms with Crippen LogP contribution in [0.3, 0.4) is 0 Å². The molecule has 0 spiro atoms. The summed E-state index contributed by atoms with van der Waals surface area (Å²) in [5, 5.41) is 2.30. The summed E-state index contributed by atoms with van der Waals surface area (Å²) >= 11 is 0.927. The van der Waals surface area contributed by atoms with Gasteiger partial charge in [0.2, 0.25) is 5.91 Å². The van der Waals surface area contributed by atoms with Crippen LogP contribution in [0.15, 0.2) is 52.9 Å². The Bertz CT molecular complexity index is 1270. The van der Waals surface area contributed by atoms with E-state index in [-0.39, 0.29) is 23.9 Å². The van der Waals surface area contributed by atoms with Gasteiger partial charge in [0.25, 0.3) is 0 Å². The Morgan fingerprint density at radius 3 is 2.44 bits per heavy atom. The highest BCUT2D eigenvalue weighted by Crippen LogP contribution is 2.44. The first-order valence-electron chi connectivity index (χ1n) is 11.4. The number of amides is 1. The molecule has 0 fully saturated rings. The lowest BCUT2D eigenvalue weighted by molar-refractivity contribution is -0.146. The fourth-order valence-corrected chi connectivity index (χ4v) is 5.27. The number of halogens is 1. The summed E-state index contributed by atoms with van der Waals surface area (Å²) in [6.07, 6.45) is 3.62. The van der Waals surface area contributed by atoms with Crippen LogP contribution in [0.1, 0.15) is 43.9 Å². The van der Waals surface area contributed by atoms with Crippen LogP contribution in [0.5, 0.6) is 0 Å². The van der Waals surface area contributed by atoms with Crippen LogP contribution >= 0.6 is 11.8 Å². The zero-order valence-corrected chi connectivity index (χ0v) is 22.2. The van der Waals surface area contributed by atoms with Crippen LogP contribution in [0.25, 0.3) is 17.2 Å². The molecule has 36 heavy (non-hydrogen) atoms. The molecule has 2 aromatic rings. The Morgan fingerprint density at radius 2 is 1.83 bits per heavy atom. The number of fused-ring (bicyclic) bond motifs is 1. The second-order valence-corrected chi connectivity index (χ2v) is 10.7. The van der Waals surface area contributed by atoms with Crippen LogP contribution in [-0.4, -0.2) is 45.9 Å². The van der Waals surface area contributed by atoms with Crippen LogP contribution < -0.4 is 5.32 Å². The highest BCUT2D eigenvalue weighted by atomic mass is 32.2. The van der Waals surface area contributed by atoms with Crippen molar-refractivity contribution >= 4 is 56.8 Å². The molecule has 6 nitrogen and oxygen atoms in total. The van der Waals surface area contributed by atoms with E-state index in [1.165, 1.54) is 19.1 Å². The van der Waals surface area contributed by atoms with Crippen LogP contribution in [-0.2, 0) is 29.9 Å². The zero-order chi connectivity index (χ0) is 26.4. The lowest BCUT2D eigenvalue weighted by Gasteiger charge is -2.15. The van der Waals surface area contributed by atoms with Gasteiger partial charge in [-0.3, -0.25) is 13.8 Å². The van der Waals surface area contributed by atoms with Crippen molar-refractivity contribution in [2.75, 3.05) is 18.6 Å². The summed E-state index contributed by atoms with van der Waals surface area (Å²) in [7, 11) is -1.08. The Labute approximate surface area is 216 Å². The van der Waals surface area contributed by atoms with E-state index in [2.05, 4.69) is 5.32 Å². The smallest absolute Gasteiger partial charge is 0.329 e. The molecule has 190 valence electrons. The topological polar surface area (TPSA) is 89.5 Å². The second-order valence-electron chi connectivity index (χ2n) is 8.24. The molecule has 0 heterocycles. The monoisotopic (exact) mass is 529 g/mol. The maximum atomic E-state index is 14.2. The molecule has 1 amide bonds. The number of carbonyl (C=O) groups excluding carboxylic acids is 3. The van der Waals surface area contributed by atoms with Gasteiger partial charge in [-0.15, -0.1) is 0 Å². The van der Waals surface area contributed by atoms with E-state index in [0.717, 1.165) is 38.9 Å². The van der Waals surface area contributed by atoms with Gasteiger partial charge in [-0.05, 0) is 77.6 Å². The molecule has 0 aliphatic heterocycles. The molecule has 1 N–H and O–H groups in total. The Morgan fingerprint density at radius 1 is 1.14 bits per heavy atom. The fraction of sp³-hybridized carbons (Fsp3) is 0.296. The van der Waals surface area contributed by atoms with Crippen molar-refractivity contribution in [1.29, 1.82) is 0 Å². The quantitative estimate of drug-likeness (QED) is 0.478. The molecular weight excluding hydrogens is 501 g/mol. The van der Waals surface area contributed by atoms with E-state index in [0.29, 0.717) is 11.1 Å². The molecule has 0 saturated carbocycles. The minimum atomic E-state index is -1.08. The molecule has 0 radical (unpaired) electrons. The molecule has 0 aromatic heterocycles. The second kappa shape index (κ2) is 12.3. The van der Waals surface area contributed by atoms with Gasteiger partial charge < -0.3 is 10.1 Å². The summed E-state index contributed by atoms with van der Waals surface area (Å²) in [6.45, 7) is 5.01. The molecule has 3 rings (SSSR count). The highest BCUT2D eigenvalue weighted by Gasteiger charge is 2.27. The van der Waals surface area contributed by atoms with Crippen molar-refractivity contribution < 1.29 is 27.7 Å². The number of esters is 1. The summed E-state index contributed by atoms with van der Waals surface area (Å²) in [5.41, 5.74) is 4.83. The first-order chi connectivity index (χ1) is 17.1. The third kappa shape index (κ3) is 6.79. The molecule has 0 saturated heterocycles. The van der Waals surface area contributed by atoms with E-state index in [9.17, 15) is 23.0 Å². The molecule has 2 aromatic carbocycles. The van der Waals surface area contributed by atoms with Gasteiger partial charge in [-0.1, -0.05) is 30.0 Å². The lowest BCUT2D eigenvalue weighted by atomic mass is 10.0. The minimum absolute atomic E-state index is 0.0351. The molecule has 9 heteroatoms. The van der Waals surface area contributed by atoms with Crippen molar-refractivity contribution in [3.8, 4) is 0 Å². The van der Waals surface area contributed by atoms with Gasteiger partial charge in [0.15, 0.2) is 5.12 Å². The number of benzene rings is 2. The molecule has 1 aliphatic carbocycles. The standard InChI is InChI=1S/C27H28FNO5S2/c1-5-34-27(32)25(29-17(3)30)15-35-26(31)14-23-16(2)22(21-11-8-19(28)13-24(21)23)12-18-6-9-20(10-7-18)36(4)33/h6-13,25H,5,14-15H2,1-4H3,(H,29,30). The maximum Gasteiger partial charge on any atom is 0.329 e. The summed E-state index contributed by atoms with van der Waals surface area (Å²) in [4.78, 5) is 37.2. The van der Waals surface area contributed by atoms with Crippen LogP contribution in [0.4, 0.5) is 4.39 Å². The number of ether oxygens (including phenoxy) is 1. The molecule has 0 bridgehead atoms. The van der Waals surface area contributed by atoms with Crippen molar-refractivity contribution in [1.82, 2.24) is 5.32 Å². The molecule has 2 atom stereocenters. The molecule has 1 aliphatic rings. The van der Waals surface area contributed by atoms with Crippen molar-refractivity contribution in [2.24, 2.45) is 0 Å². The van der Waals surface area contributed by atoms with E-state index >= 15 is 0 Å². The van der Waals surface area contributed by atoms with Crippen molar-refractivity contribution in [3.63, 3.8) is 0 Å². The van der Waals surface area contributed by atoms with Crippen molar-refractivity contribution in [2.45, 2.75) is 38.1 Å². The summed E-state index contributed by atoms with van der Waals surface area (Å²) in [5.74, 6) is -1.36. The van der Waals surface area contributed by atoms with Crippen LogP contribution in [0.2, 0.25) is 0 Å². The number of allylic oxidation sites excluding steroid dienone is 3. The summed E-state index contributed by atoms with van der Waals surface area (Å²) < 4.78 is 30.8.